The summed E-state index contributed by atoms with van der Waals surface area (Å²) in [5, 5.41) is 2.52. The molecule has 1 aromatic carbocycles. The van der Waals surface area contributed by atoms with Crippen molar-refractivity contribution in [3.63, 3.8) is 0 Å². The first kappa shape index (κ1) is 16.8. The molecule has 0 aliphatic carbocycles. The molecule has 0 saturated heterocycles. The predicted octanol–water partition coefficient (Wildman–Crippen LogP) is 1.66. The highest BCUT2D eigenvalue weighted by Gasteiger charge is 2.15. The number of hydrogen-bond donors (Lipinski definition) is 1. The Hall–Kier alpha value is -3.69. The van der Waals surface area contributed by atoms with Gasteiger partial charge in [-0.3, -0.25) is 19.5 Å². The summed E-state index contributed by atoms with van der Waals surface area (Å²) < 4.78 is 27.0. The zero-order valence-corrected chi connectivity index (χ0v) is 14.4. The van der Waals surface area contributed by atoms with Gasteiger partial charge in [-0.05, 0) is 6.07 Å². The minimum absolute atomic E-state index is 0.0316. The SMILES string of the molecule is COc1cc2nc(NC(=O)Cn3cnc4c3ccc(=O)n4C)oc2cc1F. The Balaban J connectivity index is 1.57. The van der Waals surface area contributed by atoms with E-state index in [-0.39, 0.29) is 29.5 Å². The average molecular weight is 371 g/mol. The number of nitrogens with zero attached hydrogens (tertiary/aromatic N) is 4. The summed E-state index contributed by atoms with van der Waals surface area (Å²) in [4.78, 5) is 32.2. The van der Waals surface area contributed by atoms with E-state index in [0.29, 0.717) is 16.7 Å². The van der Waals surface area contributed by atoms with Crippen LogP contribution in [0.2, 0.25) is 0 Å². The van der Waals surface area contributed by atoms with Crippen LogP contribution in [-0.2, 0) is 18.4 Å². The second kappa shape index (κ2) is 6.24. The van der Waals surface area contributed by atoms with Crippen LogP contribution >= 0.6 is 0 Å². The third kappa shape index (κ3) is 2.90. The van der Waals surface area contributed by atoms with Gasteiger partial charge in [0, 0.05) is 25.2 Å². The predicted molar refractivity (Wildman–Crippen MR) is 94.1 cm³/mol. The van der Waals surface area contributed by atoms with Crippen LogP contribution in [0, 0.1) is 5.82 Å². The molecule has 4 aromatic rings. The largest absolute Gasteiger partial charge is 0.494 e. The first-order valence-electron chi connectivity index (χ1n) is 7.91. The number of halogens is 1. The molecule has 0 atom stereocenters. The number of fused-ring (bicyclic) bond motifs is 2. The van der Waals surface area contributed by atoms with Crippen LogP contribution in [0.15, 0.2) is 39.8 Å². The van der Waals surface area contributed by atoms with E-state index in [1.165, 1.54) is 30.1 Å². The zero-order chi connectivity index (χ0) is 19.1. The van der Waals surface area contributed by atoms with Crippen LogP contribution in [0.3, 0.4) is 0 Å². The molecule has 10 heteroatoms. The van der Waals surface area contributed by atoms with Crippen molar-refractivity contribution >= 4 is 34.2 Å². The quantitative estimate of drug-likeness (QED) is 0.585. The van der Waals surface area contributed by atoms with Gasteiger partial charge in [-0.1, -0.05) is 0 Å². The van der Waals surface area contributed by atoms with Crippen LogP contribution in [-0.4, -0.2) is 32.1 Å². The number of nitrogens with one attached hydrogen (secondary N) is 1. The number of benzene rings is 1. The summed E-state index contributed by atoms with van der Waals surface area (Å²) in [6.07, 6.45) is 1.47. The number of aryl methyl sites for hydroxylation is 1. The van der Waals surface area contributed by atoms with Crippen molar-refractivity contribution in [2.45, 2.75) is 6.54 Å². The van der Waals surface area contributed by atoms with Gasteiger partial charge in [0.2, 0.25) is 5.91 Å². The summed E-state index contributed by atoms with van der Waals surface area (Å²) in [6, 6.07) is 5.47. The van der Waals surface area contributed by atoms with Gasteiger partial charge in [0.05, 0.1) is 19.0 Å². The molecule has 3 aromatic heterocycles. The molecule has 4 rings (SSSR count). The topological polar surface area (TPSA) is 104 Å². The van der Waals surface area contributed by atoms with E-state index in [0.717, 1.165) is 6.07 Å². The van der Waals surface area contributed by atoms with E-state index in [9.17, 15) is 14.0 Å². The number of amides is 1. The van der Waals surface area contributed by atoms with Crippen molar-refractivity contribution in [2.24, 2.45) is 7.05 Å². The molecule has 0 radical (unpaired) electrons. The van der Waals surface area contributed by atoms with E-state index in [1.54, 1.807) is 17.7 Å². The van der Waals surface area contributed by atoms with Crippen molar-refractivity contribution in [3.05, 3.63) is 46.8 Å². The highest BCUT2D eigenvalue weighted by atomic mass is 19.1. The Labute approximate surface area is 151 Å². The molecule has 1 amide bonds. The normalized spacial score (nSPS) is 11.2. The van der Waals surface area contributed by atoms with Gasteiger partial charge in [-0.25, -0.2) is 9.37 Å². The van der Waals surface area contributed by atoms with Gasteiger partial charge in [0.15, 0.2) is 22.8 Å². The van der Waals surface area contributed by atoms with Crippen molar-refractivity contribution < 1.29 is 18.3 Å². The van der Waals surface area contributed by atoms with E-state index in [2.05, 4.69) is 15.3 Å². The minimum atomic E-state index is -0.588. The molecule has 138 valence electrons. The number of ether oxygens (including phenoxy) is 1. The molecule has 0 saturated carbocycles. The van der Waals surface area contributed by atoms with Crippen molar-refractivity contribution in [2.75, 3.05) is 12.4 Å². The average Bonchev–Trinajstić information content (AvgIpc) is 3.20. The number of carbonyl (C=O) groups excluding carboxylic acids is 1. The number of carbonyl (C=O) groups is 1. The number of hydrogen-bond acceptors (Lipinski definition) is 6. The summed E-state index contributed by atoms with van der Waals surface area (Å²) in [7, 11) is 2.95. The van der Waals surface area contributed by atoms with Gasteiger partial charge >= 0.3 is 6.01 Å². The Morgan fingerprint density at radius 1 is 1.37 bits per heavy atom. The summed E-state index contributed by atoms with van der Waals surface area (Å²) in [5.41, 5.74) is 1.46. The third-order valence-corrected chi connectivity index (χ3v) is 4.11. The molecular formula is C17H14FN5O4. The molecule has 0 unspecified atom stereocenters. The van der Waals surface area contributed by atoms with Crippen molar-refractivity contribution in [1.82, 2.24) is 19.1 Å². The molecule has 0 bridgehead atoms. The first-order valence-corrected chi connectivity index (χ1v) is 7.91. The molecule has 0 aliphatic heterocycles. The van der Waals surface area contributed by atoms with Crippen LogP contribution in [0.1, 0.15) is 0 Å². The zero-order valence-electron chi connectivity index (χ0n) is 14.4. The molecular weight excluding hydrogens is 357 g/mol. The van der Waals surface area contributed by atoms with Gasteiger partial charge in [0.1, 0.15) is 12.1 Å². The van der Waals surface area contributed by atoms with Gasteiger partial charge < -0.3 is 13.7 Å². The highest BCUT2D eigenvalue weighted by Crippen LogP contribution is 2.26. The maximum Gasteiger partial charge on any atom is 0.302 e. The number of rotatable bonds is 4. The number of oxazole rings is 1. The van der Waals surface area contributed by atoms with Crippen LogP contribution in [0.25, 0.3) is 22.3 Å². The maximum atomic E-state index is 13.7. The summed E-state index contributed by atoms with van der Waals surface area (Å²) >= 11 is 0. The van der Waals surface area contributed by atoms with E-state index >= 15 is 0 Å². The molecule has 9 nitrogen and oxygen atoms in total. The lowest BCUT2D eigenvalue weighted by Crippen LogP contribution is -2.19. The molecule has 27 heavy (non-hydrogen) atoms. The monoisotopic (exact) mass is 371 g/mol. The second-order valence-corrected chi connectivity index (χ2v) is 5.83. The number of anilines is 1. The fraction of sp³-hybridized carbons (Fsp3) is 0.176. The third-order valence-electron chi connectivity index (χ3n) is 4.11. The van der Waals surface area contributed by atoms with E-state index in [4.69, 9.17) is 9.15 Å². The second-order valence-electron chi connectivity index (χ2n) is 5.83. The van der Waals surface area contributed by atoms with Crippen LogP contribution in [0.4, 0.5) is 10.4 Å². The highest BCUT2D eigenvalue weighted by molar-refractivity contribution is 5.90. The number of aromatic nitrogens is 4. The Kier molecular flexibility index (Phi) is 3.87. The number of pyridine rings is 1. The van der Waals surface area contributed by atoms with Crippen LogP contribution < -0.4 is 15.6 Å². The standard InChI is InChI=1S/C17H14FN5O4/c1-22-15(25)4-3-11-16(22)19-8-23(11)7-14(24)21-17-20-10-6-12(26-2)9(18)5-13(10)27-17/h3-6,8H,7H2,1-2H3,(H,20,21,24). The smallest absolute Gasteiger partial charge is 0.302 e. The summed E-state index contributed by atoms with van der Waals surface area (Å²) in [6.45, 7) is -0.0644. The lowest BCUT2D eigenvalue weighted by Gasteiger charge is -2.04. The van der Waals surface area contributed by atoms with Gasteiger partial charge in [0.25, 0.3) is 5.56 Å². The molecule has 1 N–H and O–H groups in total. The van der Waals surface area contributed by atoms with E-state index < -0.39 is 11.7 Å². The van der Waals surface area contributed by atoms with Gasteiger partial charge in [-0.15, -0.1) is 0 Å². The summed E-state index contributed by atoms with van der Waals surface area (Å²) in [5.74, 6) is -0.971. The van der Waals surface area contributed by atoms with Crippen molar-refractivity contribution in [1.29, 1.82) is 0 Å². The number of methoxy groups -OCH3 is 1. The lowest BCUT2D eigenvalue weighted by atomic mass is 10.3. The lowest BCUT2D eigenvalue weighted by molar-refractivity contribution is -0.116. The fourth-order valence-corrected chi connectivity index (χ4v) is 2.76. The minimum Gasteiger partial charge on any atom is -0.494 e. The maximum absolute atomic E-state index is 13.7. The van der Waals surface area contributed by atoms with Gasteiger partial charge in [-0.2, -0.15) is 4.98 Å². The Morgan fingerprint density at radius 3 is 2.96 bits per heavy atom. The Bertz CT molecular complexity index is 1240. The van der Waals surface area contributed by atoms with Crippen LogP contribution in [0.5, 0.6) is 5.75 Å². The Morgan fingerprint density at radius 2 is 2.19 bits per heavy atom. The van der Waals surface area contributed by atoms with Crippen molar-refractivity contribution in [3.8, 4) is 5.75 Å². The molecule has 0 spiro atoms. The molecule has 3 heterocycles. The first-order chi connectivity index (χ1) is 13.0. The molecule has 0 aliphatic rings. The number of imidazole rings is 1. The molecule has 0 fully saturated rings. The van der Waals surface area contributed by atoms with E-state index in [1.807, 2.05) is 0 Å². The fourth-order valence-electron chi connectivity index (χ4n) is 2.76.